The number of nitrogens with one attached hydrogen (secondary N) is 1. The maximum atomic E-state index is 12.7. The Morgan fingerprint density at radius 3 is 2.62 bits per heavy atom. The number of carbonyl (C=O) groups excluding carboxylic acids is 1. The average molecular weight is 474 g/mol. The molecule has 0 atom stereocenters. The van der Waals surface area contributed by atoms with Crippen molar-refractivity contribution < 1.29 is 4.79 Å². The van der Waals surface area contributed by atoms with Crippen molar-refractivity contribution in [2.75, 3.05) is 36.4 Å². The van der Waals surface area contributed by atoms with Crippen molar-refractivity contribution in [2.45, 2.75) is 13.0 Å². The Morgan fingerprint density at radius 1 is 0.971 bits per heavy atom. The molecule has 1 amide bonds. The van der Waals surface area contributed by atoms with Gasteiger partial charge in [-0.3, -0.25) is 9.78 Å². The lowest BCUT2D eigenvalue weighted by atomic mass is 10.2. The molecule has 0 unspecified atom stereocenters. The number of amides is 1. The molecule has 8 nitrogen and oxygen atoms in total. The summed E-state index contributed by atoms with van der Waals surface area (Å²) in [6.07, 6.45) is 7.40. The lowest BCUT2D eigenvalue weighted by molar-refractivity contribution is -0.130. The standard InChI is InChI=1S/C25H24ClN7O/c26-21-6-2-1-5-19(21)16-29-25-30-17-20-22(31-25)7-9-28-24(20)33-12-10-32(11-13-33)23(34)14-18-4-3-8-27-15-18/h1-9,15,17H,10-14,16H2,(H,29,30,31). The second-order valence-corrected chi connectivity index (χ2v) is 8.52. The molecular weight excluding hydrogens is 450 g/mol. The summed E-state index contributed by atoms with van der Waals surface area (Å²) in [4.78, 5) is 34.6. The molecule has 1 aromatic carbocycles. The Kier molecular flexibility index (Phi) is 6.49. The van der Waals surface area contributed by atoms with E-state index in [-0.39, 0.29) is 5.91 Å². The number of fused-ring (bicyclic) bond motifs is 1. The average Bonchev–Trinajstić information content (AvgIpc) is 2.88. The first kappa shape index (κ1) is 22.0. The van der Waals surface area contributed by atoms with Gasteiger partial charge in [-0.2, -0.15) is 0 Å². The van der Waals surface area contributed by atoms with Gasteiger partial charge < -0.3 is 15.1 Å². The van der Waals surface area contributed by atoms with Crippen LogP contribution in [0.25, 0.3) is 10.9 Å². The molecule has 4 aromatic rings. The Balaban J connectivity index is 1.24. The van der Waals surface area contributed by atoms with Crippen molar-refractivity contribution in [3.05, 3.63) is 83.4 Å². The van der Waals surface area contributed by atoms with Gasteiger partial charge in [0.25, 0.3) is 0 Å². The van der Waals surface area contributed by atoms with E-state index in [0.717, 1.165) is 27.8 Å². The monoisotopic (exact) mass is 473 g/mol. The van der Waals surface area contributed by atoms with Gasteiger partial charge in [-0.25, -0.2) is 15.0 Å². The third-order valence-corrected chi connectivity index (χ3v) is 6.26. The third kappa shape index (κ3) is 4.92. The van der Waals surface area contributed by atoms with Crippen LogP contribution in [0, 0.1) is 0 Å². The van der Waals surface area contributed by atoms with E-state index in [9.17, 15) is 4.79 Å². The highest BCUT2D eigenvalue weighted by atomic mass is 35.5. The minimum Gasteiger partial charge on any atom is -0.352 e. The fourth-order valence-electron chi connectivity index (χ4n) is 4.05. The van der Waals surface area contributed by atoms with Gasteiger partial charge in [0.05, 0.1) is 17.3 Å². The summed E-state index contributed by atoms with van der Waals surface area (Å²) in [7, 11) is 0. The number of rotatable bonds is 6. The molecule has 0 radical (unpaired) electrons. The number of piperazine rings is 1. The highest BCUT2D eigenvalue weighted by Crippen LogP contribution is 2.25. The summed E-state index contributed by atoms with van der Waals surface area (Å²) < 4.78 is 0. The summed E-state index contributed by atoms with van der Waals surface area (Å²) in [6.45, 7) is 3.25. The first-order valence-corrected chi connectivity index (χ1v) is 11.6. The predicted molar refractivity (Wildman–Crippen MR) is 133 cm³/mol. The first-order chi connectivity index (χ1) is 16.7. The molecular formula is C25H24ClN7O. The van der Waals surface area contributed by atoms with E-state index >= 15 is 0 Å². The molecule has 0 bridgehead atoms. The molecule has 172 valence electrons. The van der Waals surface area contributed by atoms with Gasteiger partial charge >= 0.3 is 0 Å². The van der Waals surface area contributed by atoms with Crippen LogP contribution in [0.1, 0.15) is 11.1 Å². The molecule has 1 N–H and O–H groups in total. The zero-order valence-electron chi connectivity index (χ0n) is 18.6. The van der Waals surface area contributed by atoms with Gasteiger partial charge in [0.1, 0.15) is 5.82 Å². The van der Waals surface area contributed by atoms with Crippen molar-refractivity contribution >= 4 is 40.2 Å². The largest absolute Gasteiger partial charge is 0.352 e. The van der Waals surface area contributed by atoms with Gasteiger partial charge in [-0.1, -0.05) is 35.9 Å². The second kappa shape index (κ2) is 10.0. The van der Waals surface area contributed by atoms with Crippen LogP contribution >= 0.6 is 11.6 Å². The van der Waals surface area contributed by atoms with E-state index in [1.807, 2.05) is 47.4 Å². The van der Waals surface area contributed by atoms with Crippen LogP contribution in [0.4, 0.5) is 11.8 Å². The van der Waals surface area contributed by atoms with Crippen LogP contribution in [-0.2, 0) is 17.8 Å². The zero-order valence-corrected chi connectivity index (χ0v) is 19.3. The van der Waals surface area contributed by atoms with Crippen LogP contribution in [0.3, 0.4) is 0 Å². The minimum atomic E-state index is 0.121. The molecule has 1 saturated heterocycles. The maximum Gasteiger partial charge on any atom is 0.227 e. The topological polar surface area (TPSA) is 87.1 Å². The van der Waals surface area contributed by atoms with Crippen LogP contribution in [0.15, 0.2) is 67.3 Å². The second-order valence-electron chi connectivity index (χ2n) is 8.11. The number of aromatic nitrogens is 4. The van der Waals surface area contributed by atoms with E-state index < -0.39 is 0 Å². The van der Waals surface area contributed by atoms with Crippen molar-refractivity contribution in [3.8, 4) is 0 Å². The molecule has 1 aliphatic rings. The maximum absolute atomic E-state index is 12.7. The number of carbonyl (C=O) groups is 1. The van der Waals surface area contributed by atoms with Crippen LogP contribution in [0.5, 0.6) is 0 Å². The summed E-state index contributed by atoms with van der Waals surface area (Å²) in [6, 6.07) is 13.4. The van der Waals surface area contributed by atoms with Crippen molar-refractivity contribution in [1.29, 1.82) is 0 Å². The Labute approximate surface area is 202 Å². The normalized spacial score (nSPS) is 13.8. The predicted octanol–water partition coefficient (Wildman–Crippen LogP) is 3.58. The molecule has 0 aliphatic carbocycles. The van der Waals surface area contributed by atoms with E-state index in [4.69, 9.17) is 11.6 Å². The fourth-order valence-corrected chi connectivity index (χ4v) is 4.25. The van der Waals surface area contributed by atoms with E-state index in [0.29, 0.717) is 50.1 Å². The van der Waals surface area contributed by atoms with Crippen molar-refractivity contribution in [3.63, 3.8) is 0 Å². The summed E-state index contributed by atoms with van der Waals surface area (Å²) in [5, 5.41) is 4.84. The van der Waals surface area contributed by atoms with Crippen LogP contribution in [0.2, 0.25) is 5.02 Å². The molecule has 34 heavy (non-hydrogen) atoms. The summed E-state index contributed by atoms with van der Waals surface area (Å²) in [5.74, 6) is 1.50. The van der Waals surface area contributed by atoms with E-state index in [2.05, 4.69) is 30.2 Å². The number of pyridine rings is 2. The quantitative estimate of drug-likeness (QED) is 0.458. The molecule has 9 heteroatoms. The molecule has 3 aromatic heterocycles. The van der Waals surface area contributed by atoms with Crippen LogP contribution < -0.4 is 10.2 Å². The number of benzene rings is 1. The molecule has 1 fully saturated rings. The summed E-state index contributed by atoms with van der Waals surface area (Å²) >= 11 is 6.24. The summed E-state index contributed by atoms with van der Waals surface area (Å²) in [5.41, 5.74) is 2.73. The van der Waals surface area contributed by atoms with Gasteiger partial charge in [-0.05, 0) is 29.3 Å². The van der Waals surface area contributed by atoms with Crippen molar-refractivity contribution in [2.24, 2.45) is 0 Å². The highest BCUT2D eigenvalue weighted by molar-refractivity contribution is 6.31. The number of nitrogens with zero attached hydrogens (tertiary/aromatic N) is 6. The van der Waals surface area contributed by atoms with Gasteiger partial charge in [0.2, 0.25) is 11.9 Å². The Hall–Kier alpha value is -3.78. The molecule has 1 aliphatic heterocycles. The first-order valence-electron chi connectivity index (χ1n) is 11.2. The molecule has 0 saturated carbocycles. The molecule has 4 heterocycles. The van der Waals surface area contributed by atoms with Gasteiger partial charge in [-0.15, -0.1) is 0 Å². The highest BCUT2D eigenvalue weighted by Gasteiger charge is 2.23. The van der Waals surface area contributed by atoms with Gasteiger partial charge in [0.15, 0.2) is 0 Å². The number of hydrogen-bond acceptors (Lipinski definition) is 7. The minimum absolute atomic E-state index is 0.121. The Morgan fingerprint density at radius 2 is 1.82 bits per heavy atom. The van der Waals surface area contributed by atoms with Gasteiger partial charge in [0, 0.05) is 62.5 Å². The van der Waals surface area contributed by atoms with Crippen LogP contribution in [-0.4, -0.2) is 56.9 Å². The number of anilines is 2. The molecule has 0 spiro atoms. The lowest BCUT2D eigenvalue weighted by Crippen LogP contribution is -2.49. The Bertz CT molecular complexity index is 1290. The van der Waals surface area contributed by atoms with Crippen molar-refractivity contribution in [1.82, 2.24) is 24.8 Å². The smallest absolute Gasteiger partial charge is 0.227 e. The SMILES string of the molecule is O=C(Cc1cccnc1)N1CCN(c2nccc3nc(NCc4ccccc4Cl)ncc23)CC1. The fraction of sp³-hybridized carbons (Fsp3) is 0.240. The van der Waals surface area contributed by atoms with E-state index in [1.165, 1.54) is 0 Å². The van der Waals surface area contributed by atoms with E-state index in [1.54, 1.807) is 24.8 Å². The number of hydrogen-bond donors (Lipinski definition) is 1. The zero-order chi connectivity index (χ0) is 23.3. The lowest BCUT2D eigenvalue weighted by Gasteiger charge is -2.35. The third-order valence-electron chi connectivity index (χ3n) is 5.89. The number of halogens is 1. The molecule has 5 rings (SSSR count).